The predicted molar refractivity (Wildman–Crippen MR) is 86.6 cm³/mol. The lowest BCUT2D eigenvalue weighted by molar-refractivity contribution is -0.0422. The molecule has 1 aromatic heterocycles. The summed E-state index contributed by atoms with van der Waals surface area (Å²) in [6.45, 7) is 6.50. The molecule has 0 aliphatic carbocycles. The molecule has 2 rings (SSSR count). The Morgan fingerprint density at radius 3 is 3.19 bits per heavy atom. The van der Waals surface area contributed by atoms with E-state index in [0.717, 1.165) is 12.8 Å². The van der Waals surface area contributed by atoms with Crippen molar-refractivity contribution in [1.29, 1.82) is 0 Å². The minimum atomic E-state index is -0.257. The van der Waals surface area contributed by atoms with Gasteiger partial charge in [-0.3, -0.25) is 4.99 Å². The Morgan fingerprint density at radius 1 is 1.67 bits per heavy atom. The molecule has 1 aromatic rings. The highest BCUT2D eigenvalue weighted by atomic mass is 31.1. The molecule has 0 spiro atoms. The lowest BCUT2D eigenvalue weighted by Gasteiger charge is -2.24. The third-order valence-corrected chi connectivity index (χ3v) is 3.72. The summed E-state index contributed by atoms with van der Waals surface area (Å²) < 4.78 is 11.5. The number of rotatable bonds is 6. The van der Waals surface area contributed by atoms with E-state index in [0.29, 0.717) is 32.7 Å². The zero-order valence-electron chi connectivity index (χ0n) is 12.6. The molecule has 2 heterocycles. The normalized spacial score (nSPS) is 26.1. The first-order chi connectivity index (χ1) is 10.1. The number of aliphatic imine (C=N–C) groups is 1. The third kappa shape index (κ3) is 4.09. The fourth-order valence-electron chi connectivity index (χ4n) is 2.24. The largest absolute Gasteiger partial charge is 0.382 e. The lowest BCUT2D eigenvalue weighted by Crippen LogP contribution is -2.32. The molecule has 7 nitrogen and oxygen atoms in total. The maximum Gasteiger partial charge on any atom is 0.159 e. The van der Waals surface area contributed by atoms with E-state index in [2.05, 4.69) is 27.2 Å². The summed E-state index contributed by atoms with van der Waals surface area (Å²) in [5.74, 6) is 0.940. The molecule has 0 bridgehead atoms. The SMILES string of the molecule is C/C=N\c1c(N)ncnc1N[C@H]1CC[C@@](C)(COPC)O1. The Labute approximate surface area is 126 Å². The minimum absolute atomic E-state index is 0.126. The van der Waals surface area contributed by atoms with Crippen molar-refractivity contribution in [2.24, 2.45) is 4.99 Å². The van der Waals surface area contributed by atoms with Crippen LogP contribution in [-0.2, 0) is 9.26 Å². The Morgan fingerprint density at radius 2 is 2.48 bits per heavy atom. The molecule has 1 fully saturated rings. The van der Waals surface area contributed by atoms with Crippen LogP contribution in [0.3, 0.4) is 0 Å². The number of anilines is 2. The summed E-state index contributed by atoms with van der Waals surface area (Å²) in [5.41, 5.74) is 6.12. The van der Waals surface area contributed by atoms with Crippen LogP contribution in [0.5, 0.6) is 0 Å². The number of aromatic nitrogens is 2. The first-order valence-corrected chi connectivity index (χ1v) is 8.31. The number of nitrogens with zero attached hydrogens (tertiary/aromatic N) is 3. The van der Waals surface area contributed by atoms with Crippen LogP contribution in [0.1, 0.15) is 26.7 Å². The predicted octanol–water partition coefficient (Wildman–Crippen LogP) is 2.33. The molecule has 1 saturated heterocycles. The molecular weight excluding hydrogens is 289 g/mol. The van der Waals surface area contributed by atoms with Gasteiger partial charge in [0.2, 0.25) is 0 Å². The van der Waals surface area contributed by atoms with Gasteiger partial charge in [-0.1, -0.05) is 0 Å². The second-order valence-electron chi connectivity index (χ2n) is 5.08. The van der Waals surface area contributed by atoms with Gasteiger partial charge in [0.25, 0.3) is 0 Å². The third-order valence-electron chi connectivity index (χ3n) is 3.29. The number of hydrogen-bond acceptors (Lipinski definition) is 7. The Hall–Kier alpha value is -1.30. The van der Waals surface area contributed by atoms with E-state index in [1.807, 2.05) is 13.6 Å². The van der Waals surface area contributed by atoms with Gasteiger partial charge in [0.1, 0.15) is 18.2 Å². The van der Waals surface area contributed by atoms with Crippen LogP contribution in [0.4, 0.5) is 17.3 Å². The minimum Gasteiger partial charge on any atom is -0.382 e. The van der Waals surface area contributed by atoms with Crippen molar-refractivity contribution in [1.82, 2.24) is 9.97 Å². The maximum absolute atomic E-state index is 6.04. The molecule has 8 heteroatoms. The maximum atomic E-state index is 6.04. The van der Waals surface area contributed by atoms with Gasteiger partial charge in [-0.05, 0) is 33.4 Å². The van der Waals surface area contributed by atoms with E-state index in [1.165, 1.54) is 6.33 Å². The van der Waals surface area contributed by atoms with Crippen molar-refractivity contribution < 1.29 is 9.26 Å². The number of nitrogens with two attached hydrogens (primary N) is 1. The number of ether oxygens (including phenoxy) is 1. The molecule has 1 unspecified atom stereocenters. The van der Waals surface area contributed by atoms with Crippen molar-refractivity contribution in [3.63, 3.8) is 0 Å². The monoisotopic (exact) mass is 311 g/mol. The average molecular weight is 311 g/mol. The van der Waals surface area contributed by atoms with E-state index < -0.39 is 0 Å². The summed E-state index contributed by atoms with van der Waals surface area (Å²) in [7, 11) is 0.470. The van der Waals surface area contributed by atoms with Crippen LogP contribution >= 0.6 is 8.81 Å². The molecule has 21 heavy (non-hydrogen) atoms. The van der Waals surface area contributed by atoms with Gasteiger partial charge in [-0.2, -0.15) is 0 Å². The van der Waals surface area contributed by atoms with Crippen LogP contribution in [-0.4, -0.2) is 41.3 Å². The van der Waals surface area contributed by atoms with Gasteiger partial charge in [0.15, 0.2) is 11.6 Å². The van der Waals surface area contributed by atoms with Gasteiger partial charge < -0.3 is 20.3 Å². The van der Waals surface area contributed by atoms with Crippen LogP contribution in [0.2, 0.25) is 0 Å². The summed E-state index contributed by atoms with van der Waals surface area (Å²) in [4.78, 5) is 12.4. The molecule has 0 saturated carbocycles. The van der Waals surface area contributed by atoms with Gasteiger partial charge in [0, 0.05) is 15.0 Å². The molecule has 116 valence electrons. The molecular formula is C13H22N5O2P. The summed E-state index contributed by atoms with van der Waals surface area (Å²) in [5, 5.41) is 3.25. The molecule has 1 aliphatic heterocycles. The van der Waals surface area contributed by atoms with Crippen molar-refractivity contribution in [2.75, 3.05) is 24.3 Å². The Kier molecular flexibility index (Phi) is 5.45. The fraction of sp³-hybridized carbons (Fsp3) is 0.615. The second kappa shape index (κ2) is 7.11. The highest BCUT2D eigenvalue weighted by Crippen LogP contribution is 2.34. The topological polar surface area (TPSA) is 94.7 Å². The van der Waals surface area contributed by atoms with E-state index in [9.17, 15) is 0 Å². The molecule has 1 aliphatic rings. The van der Waals surface area contributed by atoms with E-state index in [1.54, 1.807) is 6.21 Å². The van der Waals surface area contributed by atoms with Gasteiger partial charge >= 0.3 is 0 Å². The first-order valence-electron chi connectivity index (χ1n) is 6.90. The van der Waals surface area contributed by atoms with Crippen LogP contribution < -0.4 is 11.1 Å². The van der Waals surface area contributed by atoms with Crippen LogP contribution in [0.15, 0.2) is 11.3 Å². The van der Waals surface area contributed by atoms with Crippen molar-refractivity contribution in [3.8, 4) is 0 Å². The first kappa shape index (κ1) is 16.1. The van der Waals surface area contributed by atoms with Crippen LogP contribution in [0.25, 0.3) is 0 Å². The summed E-state index contributed by atoms with van der Waals surface area (Å²) >= 11 is 0. The number of hydrogen-bond donors (Lipinski definition) is 2. The summed E-state index contributed by atoms with van der Waals surface area (Å²) in [6, 6.07) is 0. The van der Waals surface area contributed by atoms with Gasteiger partial charge in [-0.25, -0.2) is 9.97 Å². The summed E-state index contributed by atoms with van der Waals surface area (Å²) in [6.07, 6.45) is 4.77. The highest BCUT2D eigenvalue weighted by Gasteiger charge is 2.36. The van der Waals surface area contributed by atoms with Gasteiger partial charge in [0.05, 0.1) is 12.2 Å². The average Bonchev–Trinajstić information content (AvgIpc) is 2.82. The lowest BCUT2D eigenvalue weighted by atomic mass is 10.0. The molecule has 3 atom stereocenters. The van der Waals surface area contributed by atoms with Crippen LogP contribution in [0, 0.1) is 0 Å². The number of nitrogens with one attached hydrogen (secondary N) is 1. The van der Waals surface area contributed by atoms with Crippen molar-refractivity contribution in [3.05, 3.63) is 6.33 Å². The van der Waals surface area contributed by atoms with E-state index in [-0.39, 0.29) is 11.8 Å². The van der Waals surface area contributed by atoms with Crippen molar-refractivity contribution in [2.45, 2.75) is 38.5 Å². The highest BCUT2D eigenvalue weighted by molar-refractivity contribution is 7.31. The number of nitrogen functional groups attached to an aromatic ring is 1. The molecule has 3 N–H and O–H groups in total. The smallest absolute Gasteiger partial charge is 0.159 e. The second-order valence-corrected chi connectivity index (χ2v) is 5.77. The Balaban J connectivity index is 2.05. The standard InChI is InChI=1S/C13H22N5O2P/c1-4-15-10-11(14)16-8-17-12(10)18-9-5-6-13(2,20-9)7-19-21-3/h4,8-9,21H,5-7H2,1-3H3,(H3,14,16,17,18)/b15-4-/t9-,13+/m1/s1. The molecule has 0 amide bonds. The Bertz CT molecular complexity index is 513. The van der Waals surface area contributed by atoms with Crippen molar-refractivity contribution >= 4 is 32.3 Å². The molecule has 0 aromatic carbocycles. The quantitative estimate of drug-likeness (QED) is 0.618. The zero-order valence-corrected chi connectivity index (χ0v) is 13.6. The van der Waals surface area contributed by atoms with E-state index >= 15 is 0 Å². The zero-order chi connectivity index (χ0) is 15.3. The van der Waals surface area contributed by atoms with Gasteiger partial charge in [-0.15, -0.1) is 0 Å². The van der Waals surface area contributed by atoms with E-state index in [4.69, 9.17) is 15.0 Å². The molecule has 0 radical (unpaired) electrons. The fourth-order valence-corrected chi connectivity index (χ4v) is 2.69.